The lowest BCUT2D eigenvalue weighted by atomic mass is 9.80. The Balaban J connectivity index is 2.30. The predicted octanol–water partition coefficient (Wildman–Crippen LogP) is 2.45. The van der Waals surface area contributed by atoms with Crippen LogP contribution in [0, 0.1) is 5.92 Å². The molecule has 6 heteroatoms. The zero-order chi connectivity index (χ0) is 21.7. The highest BCUT2D eigenvalue weighted by molar-refractivity contribution is 6.06. The molecule has 1 unspecified atom stereocenters. The van der Waals surface area contributed by atoms with E-state index in [1.165, 1.54) is 0 Å². The Bertz CT molecular complexity index is 825. The van der Waals surface area contributed by atoms with Crippen molar-refractivity contribution < 1.29 is 19.8 Å². The molecule has 0 radical (unpaired) electrons. The fourth-order valence-corrected chi connectivity index (χ4v) is 3.36. The van der Waals surface area contributed by atoms with E-state index in [1.54, 1.807) is 32.9 Å². The average Bonchev–Trinajstić information content (AvgIpc) is 2.72. The molecule has 0 aromatic heterocycles. The highest BCUT2D eigenvalue weighted by Gasteiger charge is 2.47. The van der Waals surface area contributed by atoms with Gasteiger partial charge in [-0.2, -0.15) is 0 Å². The molecule has 5 N–H and O–H groups in total. The topological polar surface area (TPSA) is 113 Å². The minimum atomic E-state index is -2.08. The van der Waals surface area contributed by atoms with E-state index in [4.69, 9.17) is 5.73 Å². The van der Waals surface area contributed by atoms with E-state index in [0.717, 1.165) is 5.56 Å². The van der Waals surface area contributed by atoms with E-state index < -0.39 is 35.0 Å². The Hall–Kier alpha value is -2.70. The van der Waals surface area contributed by atoms with Crippen LogP contribution >= 0.6 is 0 Å². The van der Waals surface area contributed by atoms with Crippen LogP contribution in [0.25, 0.3) is 0 Å². The number of nitrogens with one attached hydrogen (secondary N) is 1. The van der Waals surface area contributed by atoms with Crippen LogP contribution in [0.15, 0.2) is 60.7 Å². The first-order valence-corrected chi connectivity index (χ1v) is 9.77. The number of aliphatic hydroxyl groups is 1. The van der Waals surface area contributed by atoms with Crippen molar-refractivity contribution in [3.63, 3.8) is 0 Å². The molecule has 29 heavy (non-hydrogen) atoms. The molecule has 3 atom stereocenters. The van der Waals surface area contributed by atoms with Gasteiger partial charge in [-0.05, 0) is 36.8 Å². The van der Waals surface area contributed by atoms with Gasteiger partial charge >= 0.3 is 5.97 Å². The molecule has 6 nitrogen and oxygen atoms in total. The lowest BCUT2D eigenvalue weighted by Crippen LogP contribution is -2.65. The standard InChI is InChI=1S/C23H30N2O4/c1-16(2)23(24,21(27)28)20(26)25-17(3)22(29,19-12-8-5-9-13-19)15-14-18-10-6-4-7-11-18/h4-13,16-17,29H,14-15,24H2,1-3H3,(H,25,26)(H,27,28)/t17-,22?,23-/m0/s1. The van der Waals surface area contributed by atoms with Gasteiger partial charge in [-0.3, -0.25) is 4.79 Å². The molecule has 0 saturated heterocycles. The summed E-state index contributed by atoms with van der Waals surface area (Å²) >= 11 is 0. The fraction of sp³-hybridized carbons (Fsp3) is 0.391. The smallest absolute Gasteiger partial charge is 0.333 e. The maximum absolute atomic E-state index is 12.8. The van der Waals surface area contributed by atoms with Crippen molar-refractivity contribution in [2.24, 2.45) is 11.7 Å². The molecule has 2 rings (SSSR count). The number of carboxylic acid groups (broad SMARTS) is 1. The van der Waals surface area contributed by atoms with E-state index in [9.17, 15) is 19.8 Å². The molecule has 0 saturated carbocycles. The number of carbonyl (C=O) groups excluding carboxylic acids is 1. The van der Waals surface area contributed by atoms with Gasteiger partial charge in [0, 0.05) is 0 Å². The monoisotopic (exact) mass is 398 g/mol. The molecule has 0 aliphatic heterocycles. The molecule has 0 aliphatic carbocycles. The fourth-order valence-electron chi connectivity index (χ4n) is 3.36. The minimum Gasteiger partial charge on any atom is -0.479 e. The largest absolute Gasteiger partial charge is 0.479 e. The Morgan fingerprint density at radius 2 is 1.52 bits per heavy atom. The van der Waals surface area contributed by atoms with Crippen molar-refractivity contribution in [3.8, 4) is 0 Å². The van der Waals surface area contributed by atoms with Crippen molar-refractivity contribution in [1.82, 2.24) is 5.32 Å². The van der Waals surface area contributed by atoms with Gasteiger partial charge in [-0.15, -0.1) is 0 Å². The summed E-state index contributed by atoms with van der Waals surface area (Å²) in [6, 6.07) is 18.0. The third-order valence-electron chi connectivity index (χ3n) is 5.62. The van der Waals surface area contributed by atoms with Crippen LogP contribution in [0.4, 0.5) is 0 Å². The molecule has 2 aromatic carbocycles. The maximum atomic E-state index is 12.8. The zero-order valence-corrected chi connectivity index (χ0v) is 17.1. The zero-order valence-electron chi connectivity index (χ0n) is 17.1. The molecule has 2 aromatic rings. The van der Waals surface area contributed by atoms with Crippen LogP contribution < -0.4 is 11.1 Å². The van der Waals surface area contributed by atoms with Gasteiger partial charge in [-0.1, -0.05) is 74.5 Å². The van der Waals surface area contributed by atoms with Crippen LogP contribution in [-0.2, 0) is 21.6 Å². The van der Waals surface area contributed by atoms with E-state index in [1.807, 2.05) is 48.5 Å². The van der Waals surface area contributed by atoms with Crippen molar-refractivity contribution in [2.45, 2.75) is 50.8 Å². The first-order chi connectivity index (χ1) is 13.6. The summed E-state index contributed by atoms with van der Waals surface area (Å²) in [5.41, 5.74) is 4.15. The van der Waals surface area contributed by atoms with Crippen LogP contribution in [0.3, 0.4) is 0 Å². The van der Waals surface area contributed by atoms with E-state index in [-0.39, 0.29) is 0 Å². The van der Waals surface area contributed by atoms with Crippen LogP contribution in [0.1, 0.15) is 38.3 Å². The highest BCUT2D eigenvalue weighted by atomic mass is 16.4. The number of aryl methyl sites for hydroxylation is 1. The number of rotatable bonds is 9. The number of hydrogen-bond donors (Lipinski definition) is 4. The average molecular weight is 399 g/mol. The predicted molar refractivity (Wildman–Crippen MR) is 112 cm³/mol. The van der Waals surface area contributed by atoms with E-state index in [2.05, 4.69) is 5.32 Å². The molecular weight excluding hydrogens is 368 g/mol. The summed E-state index contributed by atoms with van der Waals surface area (Å²) in [5.74, 6) is -2.84. The first kappa shape index (κ1) is 22.6. The Morgan fingerprint density at radius 1 is 1.00 bits per heavy atom. The number of nitrogens with two attached hydrogens (primary N) is 1. The van der Waals surface area contributed by atoms with Crippen LogP contribution in [0.2, 0.25) is 0 Å². The Morgan fingerprint density at radius 3 is 2.00 bits per heavy atom. The summed E-state index contributed by atoms with van der Waals surface area (Å²) in [5, 5.41) is 23.8. The van der Waals surface area contributed by atoms with E-state index >= 15 is 0 Å². The Labute approximate surface area is 171 Å². The number of carboxylic acids is 1. The van der Waals surface area contributed by atoms with Gasteiger partial charge < -0.3 is 21.3 Å². The number of carbonyl (C=O) groups is 2. The summed E-state index contributed by atoms with van der Waals surface area (Å²) in [6.07, 6.45) is 0.929. The van der Waals surface area contributed by atoms with Gasteiger partial charge in [0.15, 0.2) is 5.54 Å². The molecular formula is C23H30N2O4. The molecule has 0 fully saturated rings. The molecule has 156 valence electrons. The Kier molecular flexibility index (Phi) is 7.16. The molecule has 0 spiro atoms. The second-order valence-electron chi connectivity index (χ2n) is 7.80. The van der Waals surface area contributed by atoms with Gasteiger partial charge in [0.2, 0.25) is 0 Å². The third kappa shape index (κ3) is 4.83. The minimum absolute atomic E-state index is 0.342. The van der Waals surface area contributed by atoms with Crippen LogP contribution in [0.5, 0.6) is 0 Å². The van der Waals surface area contributed by atoms with Gasteiger partial charge in [-0.25, -0.2) is 4.79 Å². The van der Waals surface area contributed by atoms with Crippen molar-refractivity contribution in [2.75, 3.05) is 0 Å². The molecule has 0 heterocycles. The third-order valence-corrected chi connectivity index (χ3v) is 5.62. The normalized spacial score (nSPS) is 16.5. The van der Waals surface area contributed by atoms with Gasteiger partial charge in [0.25, 0.3) is 5.91 Å². The lowest BCUT2D eigenvalue weighted by Gasteiger charge is -2.37. The molecule has 1 amide bonds. The molecule has 0 aliphatic rings. The number of hydrogen-bond acceptors (Lipinski definition) is 4. The first-order valence-electron chi connectivity index (χ1n) is 9.77. The second kappa shape index (κ2) is 9.20. The SMILES string of the molecule is CC(C)[C@@](N)(C(=O)O)C(=O)N[C@@H](C)C(O)(CCc1ccccc1)c1ccccc1. The van der Waals surface area contributed by atoms with Crippen molar-refractivity contribution >= 4 is 11.9 Å². The van der Waals surface area contributed by atoms with Gasteiger partial charge in [0.1, 0.15) is 5.60 Å². The van der Waals surface area contributed by atoms with E-state index in [0.29, 0.717) is 18.4 Å². The number of amides is 1. The summed E-state index contributed by atoms with van der Waals surface area (Å²) in [4.78, 5) is 24.5. The summed E-state index contributed by atoms with van der Waals surface area (Å²) in [6.45, 7) is 4.83. The van der Waals surface area contributed by atoms with Crippen molar-refractivity contribution in [1.29, 1.82) is 0 Å². The quantitative estimate of drug-likeness (QED) is 0.485. The highest BCUT2D eigenvalue weighted by Crippen LogP contribution is 2.31. The maximum Gasteiger partial charge on any atom is 0.333 e. The number of benzene rings is 2. The lowest BCUT2D eigenvalue weighted by molar-refractivity contribution is -0.152. The van der Waals surface area contributed by atoms with Crippen molar-refractivity contribution in [3.05, 3.63) is 71.8 Å². The second-order valence-corrected chi connectivity index (χ2v) is 7.80. The summed E-state index contributed by atoms with van der Waals surface area (Å²) < 4.78 is 0. The van der Waals surface area contributed by atoms with Crippen LogP contribution in [-0.4, -0.2) is 33.7 Å². The molecule has 0 bridgehead atoms. The van der Waals surface area contributed by atoms with Gasteiger partial charge in [0.05, 0.1) is 6.04 Å². The number of aliphatic carboxylic acids is 1. The summed E-state index contributed by atoms with van der Waals surface area (Å²) in [7, 11) is 0.